The van der Waals surface area contributed by atoms with Gasteiger partial charge in [0, 0.05) is 0 Å². The number of carbonyl (C=O) groups is 1. The van der Waals surface area contributed by atoms with Crippen molar-refractivity contribution < 1.29 is 14.6 Å². The third-order valence-electron chi connectivity index (χ3n) is 3.27. The second kappa shape index (κ2) is 5.19. The van der Waals surface area contributed by atoms with Crippen LogP contribution >= 0.6 is 0 Å². The van der Waals surface area contributed by atoms with E-state index >= 15 is 0 Å². The molecular weight excluding hydrogens is 218 g/mol. The van der Waals surface area contributed by atoms with Crippen LogP contribution in [-0.2, 0) is 9.53 Å². The van der Waals surface area contributed by atoms with Gasteiger partial charge in [0.05, 0.1) is 7.11 Å². The monoisotopic (exact) mass is 235 g/mol. The fourth-order valence-corrected chi connectivity index (χ4v) is 2.35. The lowest BCUT2D eigenvalue weighted by Crippen LogP contribution is -2.43. The smallest absolute Gasteiger partial charge is 0.322 e. The first-order valence-corrected chi connectivity index (χ1v) is 5.81. The van der Waals surface area contributed by atoms with Gasteiger partial charge in [0.1, 0.15) is 11.8 Å². The van der Waals surface area contributed by atoms with Crippen LogP contribution < -0.4 is 5.32 Å². The van der Waals surface area contributed by atoms with E-state index in [1.165, 1.54) is 7.11 Å². The molecule has 0 spiro atoms. The Kier molecular flexibility index (Phi) is 3.64. The van der Waals surface area contributed by atoms with Gasteiger partial charge in [0.25, 0.3) is 0 Å². The molecule has 17 heavy (non-hydrogen) atoms. The van der Waals surface area contributed by atoms with E-state index in [1.54, 1.807) is 12.1 Å². The number of ether oxygens (including phenoxy) is 1. The quantitative estimate of drug-likeness (QED) is 0.761. The van der Waals surface area contributed by atoms with Gasteiger partial charge in [-0.2, -0.15) is 0 Å². The van der Waals surface area contributed by atoms with Crippen LogP contribution in [0.5, 0.6) is 5.75 Å². The number of phenolic OH excluding ortho intramolecular Hbond substituents is 1. The topological polar surface area (TPSA) is 58.6 Å². The molecule has 0 amide bonds. The minimum Gasteiger partial charge on any atom is -0.508 e. The number of para-hydroxylation sites is 1. The first-order valence-electron chi connectivity index (χ1n) is 5.81. The fraction of sp³-hybridized carbons (Fsp3) is 0.462. The van der Waals surface area contributed by atoms with Crippen LogP contribution in [0.4, 0.5) is 0 Å². The molecule has 1 heterocycles. The predicted octanol–water partition coefficient (Wildman–Crippen LogP) is 1.40. The normalized spacial score (nSPS) is 24.3. The summed E-state index contributed by atoms with van der Waals surface area (Å²) in [7, 11) is 1.40. The van der Waals surface area contributed by atoms with Gasteiger partial charge < -0.3 is 15.2 Å². The number of phenols is 1. The van der Waals surface area contributed by atoms with Crippen molar-refractivity contribution in [3.63, 3.8) is 0 Å². The number of methoxy groups -OCH3 is 1. The van der Waals surface area contributed by atoms with Crippen molar-refractivity contribution in [3.8, 4) is 5.75 Å². The lowest BCUT2D eigenvalue weighted by atomic mass is 9.86. The number of nitrogens with one attached hydrogen (secondary N) is 1. The van der Waals surface area contributed by atoms with E-state index in [2.05, 4.69) is 5.32 Å². The van der Waals surface area contributed by atoms with E-state index in [4.69, 9.17) is 4.74 Å². The van der Waals surface area contributed by atoms with E-state index in [1.807, 2.05) is 12.1 Å². The Morgan fingerprint density at radius 3 is 2.94 bits per heavy atom. The number of aromatic hydroxyl groups is 1. The van der Waals surface area contributed by atoms with Crippen molar-refractivity contribution in [2.24, 2.45) is 0 Å². The minimum absolute atomic E-state index is 0.210. The molecule has 0 aliphatic carbocycles. The SMILES string of the molecule is COC(=O)[C@H]1C[C@H](c2ccccc2O)CCN1. The number of hydrogen-bond acceptors (Lipinski definition) is 4. The van der Waals surface area contributed by atoms with Gasteiger partial charge in [0.2, 0.25) is 0 Å². The molecule has 92 valence electrons. The summed E-state index contributed by atoms with van der Waals surface area (Å²) in [5, 5.41) is 12.9. The van der Waals surface area contributed by atoms with Crippen molar-refractivity contribution in [1.29, 1.82) is 0 Å². The van der Waals surface area contributed by atoms with Gasteiger partial charge in [-0.1, -0.05) is 18.2 Å². The molecule has 0 bridgehead atoms. The molecule has 1 aromatic rings. The molecule has 2 rings (SSSR count). The lowest BCUT2D eigenvalue weighted by molar-refractivity contribution is -0.143. The summed E-state index contributed by atoms with van der Waals surface area (Å²) in [6, 6.07) is 7.05. The molecule has 4 nitrogen and oxygen atoms in total. The molecule has 1 aliphatic rings. The Balaban J connectivity index is 2.12. The number of esters is 1. The highest BCUT2D eigenvalue weighted by atomic mass is 16.5. The van der Waals surface area contributed by atoms with Crippen LogP contribution in [0, 0.1) is 0 Å². The van der Waals surface area contributed by atoms with Gasteiger partial charge in [-0.15, -0.1) is 0 Å². The molecule has 0 saturated carbocycles. The predicted molar refractivity (Wildman–Crippen MR) is 63.9 cm³/mol. The van der Waals surface area contributed by atoms with Gasteiger partial charge in [-0.3, -0.25) is 4.79 Å². The van der Waals surface area contributed by atoms with Crippen LogP contribution in [-0.4, -0.2) is 30.8 Å². The summed E-state index contributed by atoms with van der Waals surface area (Å²) >= 11 is 0. The van der Waals surface area contributed by atoms with Gasteiger partial charge in [0.15, 0.2) is 0 Å². The van der Waals surface area contributed by atoms with Crippen LogP contribution in [0.3, 0.4) is 0 Å². The number of hydrogen-bond donors (Lipinski definition) is 2. The molecule has 1 fully saturated rings. The number of rotatable bonds is 2. The Labute approximate surface area is 101 Å². The summed E-state index contributed by atoms with van der Waals surface area (Å²) in [6.45, 7) is 0.763. The van der Waals surface area contributed by atoms with E-state index in [0.717, 1.165) is 18.5 Å². The third-order valence-corrected chi connectivity index (χ3v) is 3.27. The molecule has 0 aromatic heterocycles. The summed E-state index contributed by atoms with van der Waals surface area (Å²) in [6.07, 6.45) is 1.59. The maximum atomic E-state index is 11.5. The van der Waals surface area contributed by atoms with Crippen molar-refractivity contribution in [1.82, 2.24) is 5.32 Å². The van der Waals surface area contributed by atoms with Crippen molar-refractivity contribution in [2.75, 3.05) is 13.7 Å². The van der Waals surface area contributed by atoms with Crippen molar-refractivity contribution >= 4 is 5.97 Å². The highest BCUT2D eigenvalue weighted by molar-refractivity contribution is 5.75. The van der Waals surface area contributed by atoms with E-state index in [-0.39, 0.29) is 17.9 Å². The Morgan fingerprint density at radius 2 is 2.24 bits per heavy atom. The first kappa shape index (κ1) is 11.9. The molecule has 0 radical (unpaired) electrons. The van der Waals surface area contributed by atoms with Gasteiger partial charge >= 0.3 is 5.97 Å². The van der Waals surface area contributed by atoms with E-state index in [9.17, 15) is 9.90 Å². The molecule has 1 saturated heterocycles. The number of benzene rings is 1. The van der Waals surface area contributed by atoms with E-state index < -0.39 is 0 Å². The highest BCUT2D eigenvalue weighted by Gasteiger charge is 2.29. The Hall–Kier alpha value is -1.55. The molecule has 4 heteroatoms. The Bertz CT molecular complexity index is 405. The summed E-state index contributed by atoms with van der Waals surface area (Å²) in [5.41, 5.74) is 0.919. The van der Waals surface area contributed by atoms with Crippen LogP contribution in [0.25, 0.3) is 0 Å². The third kappa shape index (κ3) is 2.58. The van der Waals surface area contributed by atoms with Crippen LogP contribution in [0.15, 0.2) is 24.3 Å². The molecule has 1 aromatic carbocycles. The zero-order chi connectivity index (χ0) is 12.3. The molecule has 2 atom stereocenters. The van der Waals surface area contributed by atoms with Crippen molar-refractivity contribution in [2.45, 2.75) is 24.8 Å². The maximum Gasteiger partial charge on any atom is 0.322 e. The standard InChI is InChI=1S/C13H17NO3/c1-17-13(16)11-8-9(6-7-14-11)10-4-2-3-5-12(10)15/h2-5,9,11,14-15H,6-8H2,1H3/t9-,11-/m1/s1. The van der Waals surface area contributed by atoms with Crippen LogP contribution in [0.1, 0.15) is 24.3 Å². The lowest BCUT2D eigenvalue weighted by Gasteiger charge is -2.29. The largest absolute Gasteiger partial charge is 0.508 e. The second-order valence-electron chi connectivity index (χ2n) is 4.31. The van der Waals surface area contributed by atoms with Gasteiger partial charge in [-0.05, 0) is 36.9 Å². The number of piperidine rings is 1. The van der Waals surface area contributed by atoms with E-state index in [0.29, 0.717) is 12.2 Å². The summed E-state index contributed by atoms with van der Waals surface area (Å²) < 4.78 is 4.74. The second-order valence-corrected chi connectivity index (χ2v) is 4.31. The van der Waals surface area contributed by atoms with Gasteiger partial charge in [-0.25, -0.2) is 0 Å². The fourth-order valence-electron chi connectivity index (χ4n) is 2.35. The number of carbonyl (C=O) groups excluding carboxylic acids is 1. The highest BCUT2D eigenvalue weighted by Crippen LogP contribution is 2.33. The summed E-state index contributed by atoms with van der Waals surface area (Å²) in [5.74, 6) is 0.287. The first-order chi connectivity index (χ1) is 8.22. The average molecular weight is 235 g/mol. The Morgan fingerprint density at radius 1 is 1.47 bits per heavy atom. The zero-order valence-corrected chi connectivity index (χ0v) is 9.85. The minimum atomic E-state index is -0.265. The molecule has 1 aliphatic heterocycles. The van der Waals surface area contributed by atoms with Crippen LogP contribution in [0.2, 0.25) is 0 Å². The molecular formula is C13H17NO3. The molecule has 0 unspecified atom stereocenters. The zero-order valence-electron chi connectivity index (χ0n) is 9.85. The van der Waals surface area contributed by atoms with Crippen molar-refractivity contribution in [3.05, 3.63) is 29.8 Å². The molecule has 2 N–H and O–H groups in total. The maximum absolute atomic E-state index is 11.5. The summed E-state index contributed by atoms with van der Waals surface area (Å²) in [4.78, 5) is 11.5. The average Bonchev–Trinajstić information content (AvgIpc) is 2.38.